The van der Waals surface area contributed by atoms with Gasteiger partial charge in [-0.25, -0.2) is 0 Å². The molecule has 8 heteroatoms. The monoisotopic (exact) mass is 318 g/mol. The lowest BCUT2D eigenvalue weighted by atomic mass is 10.1. The molecule has 0 radical (unpaired) electrons. The largest absolute Gasteiger partial charge is 0.350 e. The standard InChI is InChI=1S/C12H15ClN2O4S/c1-8(5-6-20(2)19)14-12(16)10-4-3-9(15(17)18)7-11(10)13/h3-4,7-8H,5-6H2,1-2H3,(H,14,16). The second-order valence-corrected chi connectivity index (χ2v) is 6.32. The van der Waals surface area contributed by atoms with Gasteiger partial charge in [0.1, 0.15) is 0 Å². The summed E-state index contributed by atoms with van der Waals surface area (Å²) in [5.74, 6) is 0.0920. The first kappa shape index (κ1) is 16.6. The Balaban J connectivity index is 2.72. The quantitative estimate of drug-likeness (QED) is 0.642. The van der Waals surface area contributed by atoms with Crippen LogP contribution < -0.4 is 5.32 Å². The van der Waals surface area contributed by atoms with Gasteiger partial charge in [0.15, 0.2) is 0 Å². The summed E-state index contributed by atoms with van der Waals surface area (Å²) in [6, 6.07) is 3.53. The normalized spacial score (nSPS) is 13.6. The van der Waals surface area contributed by atoms with Gasteiger partial charge in [0.05, 0.1) is 15.5 Å². The molecule has 0 heterocycles. The van der Waals surface area contributed by atoms with Crippen LogP contribution in [0.25, 0.3) is 0 Å². The first-order valence-corrected chi connectivity index (χ1v) is 7.96. The highest BCUT2D eigenvalue weighted by Crippen LogP contribution is 2.22. The van der Waals surface area contributed by atoms with Crippen LogP contribution in [0.4, 0.5) is 5.69 Å². The van der Waals surface area contributed by atoms with Gasteiger partial charge in [0.25, 0.3) is 11.6 Å². The highest BCUT2D eigenvalue weighted by molar-refractivity contribution is 7.84. The number of carbonyl (C=O) groups excluding carboxylic acids is 1. The first-order valence-electron chi connectivity index (χ1n) is 5.86. The fourth-order valence-electron chi connectivity index (χ4n) is 1.52. The molecule has 1 aromatic rings. The molecule has 0 aliphatic carbocycles. The summed E-state index contributed by atoms with van der Waals surface area (Å²) >= 11 is 5.87. The van der Waals surface area contributed by atoms with E-state index in [0.717, 1.165) is 6.07 Å². The van der Waals surface area contributed by atoms with Gasteiger partial charge in [0.2, 0.25) is 0 Å². The Bertz CT molecular complexity index is 550. The molecule has 0 aliphatic rings. The molecule has 6 nitrogen and oxygen atoms in total. The number of hydrogen-bond acceptors (Lipinski definition) is 4. The fraction of sp³-hybridized carbons (Fsp3) is 0.417. The van der Waals surface area contributed by atoms with Gasteiger partial charge in [-0.2, -0.15) is 0 Å². The van der Waals surface area contributed by atoms with E-state index in [1.807, 2.05) is 0 Å². The first-order chi connectivity index (χ1) is 9.31. The topological polar surface area (TPSA) is 89.3 Å². The maximum absolute atomic E-state index is 12.0. The average molecular weight is 319 g/mol. The lowest BCUT2D eigenvalue weighted by molar-refractivity contribution is -0.384. The van der Waals surface area contributed by atoms with E-state index in [2.05, 4.69) is 5.32 Å². The number of carbonyl (C=O) groups is 1. The van der Waals surface area contributed by atoms with Gasteiger partial charge in [-0.15, -0.1) is 0 Å². The van der Waals surface area contributed by atoms with E-state index in [9.17, 15) is 19.1 Å². The number of amides is 1. The summed E-state index contributed by atoms with van der Waals surface area (Å²) in [6.07, 6.45) is 2.18. The SMILES string of the molecule is CC(CCS(C)=O)NC(=O)c1ccc([N+](=O)[O-])cc1Cl. The van der Waals surface area contributed by atoms with Crippen LogP contribution in [0.5, 0.6) is 0 Å². The highest BCUT2D eigenvalue weighted by Gasteiger charge is 2.16. The zero-order chi connectivity index (χ0) is 15.3. The van der Waals surface area contributed by atoms with Crippen LogP contribution in [0.15, 0.2) is 18.2 Å². The number of hydrogen-bond donors (Lipinski definition) is 1. The Morgan fingerprint density at radius 2 is 2.20 bits per heavy atom. The maximum atomic E-state index is 12.0. The minimum Gasteiger partial charge on any atom is -0.350 e. The average Bonchev–Trinajstić information content (AvgIpc) is 2.35. The third-order valence-electron chi connectivity index (χ3n) is 2.62. The van der Waals surface area contributed by atoms with Gasteiger partial charge >= 0.3 is 0 Å². The molecule has 1 rings (SSSR count). The van der Waals surface area contributed by atoms with Crippen molar-refractivity contribution in [2.24, 2.45) is 0 Å². The van der Waals surface area contributed by atoms with Crippen molar-refractivity contribution in [3.63, 3.8) is 0 Å². The molecule has 1 N–H and O–H groups in total. The van der Waals surface area contributed by atoms with Crippen molar-refractivity contribution in [3.8, 4) is 0 Å². The van der Waals surface area contributed by atoms with Crippen molar-refractivity contribution >= 4 is 34.0 Å². The molecule has 1 amide bonds. The van der Waals surface area contributed by atoms with Crippen molar-refractivity contribution in [1.82, 2.24) is 5.32 Å². The number of nitrogens with one attached hydrogen (secondary N) is 1. The second-order valence-electron chi connectivity index (χ2n) is 4.36. The van der Waals surface area contributed by atoms with E-state index in [1.54, 1.807) is 13.2 Å². The number of benzene rings is 1. The molecule has 0 spiro atoms. The molecule has 1 aromatic carbocycles. The summed E-state index contributed by atoms with van der Waals surface area (Å²) in [4.78, 5) is 22.0. The molecule has 0 saturated carbocycles. The molecule has 0 bridgehead atoms. The van der Waals surface area contributed by atoms with Crippen LogP contribution in [-0.2, 0) is 10.8 Å². The molecule has 110 valence electrons. The summed E-state index contributed by atoms with van der Waals surface area (Å²) < 4.78 is 11.0. The number of rotatable bonds is 6. The Morgan fingerprint density at radius 3 is 2.70 bits per heavy atom. The summed E-state index contributed by atoms with van der Waals surface area (Å²) in [7, 11) is -0.911. The number of halogens is 1. The van der Waals surface area contributed by atoms with Gasteiger partial charge in [-0.05, 0) is 19.4 Å². The molecule has 0 saturated heterocycles. The van der Waals surface area contributed by atoms with Crippen molar-refractivity contribution < 1.29 is 13.9 Å². The number of nitro benzene ring substituents is 1. The van der Waals surface area contributed by atoms with Crippen LogP contribution in [-0.4, -0.2) is 33.1 Å². The maximum Gasteiger partial charge on any atom is 0.270 e. The van der Waals surface area contributed by atoms with Crippen molar-refractivity contribution in [2.75, 3.05) is 12.0 Å². The Hall–Kier alpha value is -1.47. The number of nitro groups is 1. The summed E-state index contributed by atoms with van der Waals surface area (Å²) in [6.45, 7) is 1.80. The van der Waals surface area contributed by atoms with Crippen LogP contribution in [0.1, 0.15) is 23.7 Å². The minimum absolute atomic E-state index is 0.0305. The third-order valence-corrected chi connectivity index (χ3v) is 3.75. The Labute approximate surface area is 124 Å². The number of non-ortho nitro benzene ring substituents is 1. The van der Waals surface area contributed by atoms with Gasteiger partial charge in [0, 0.05) is 41.0 Å². The van der Waals surface area contributed by atoms with Crippen LogP contribution >= 0.6 is 11.6 Å². The predicted molar refractivity (Wildman–Crippen MR) is 78.6 cm³/mol. The smallest absolute Gasteiger partial charge is 0.270 e. The van der Waals surface area contributed by atoms with Crippen molar-refractivity contribution in [3.05, 3.63) is 38.9 Å². The van der Waals surface area contributed by atoms with E-state index in [1.165, 1.54) is 12.1 Å². The van der Waals surface area contributed by atoms with E-state index >= 15 is 0 Å². The molecule has 0 aliphatic heterocycles. The van der Waals surface area contributed by atoms with Crippen molar-refractivity contribution in [1.29, 1.82) is 0 Å². The lowest BCUT2D eigenvalue weighted by Crippen LogP contribution is -2.33. The van der Waals surface area contributed by atoms with Crippen LogP contribution in [0.2, 0.25) is 5.02 Å². The van der Waals surface area contributed by atoms with E-state index < -0.39 is 21.6 Å². The van der Waals surface area contributed by atoms with E-state index in [4.69, 9.17) is 11.6 Å². The van der Waals surface area contributed by atoms with Crippen molar-refractivity contribution in [2.45, 2.75) is 19.4 Å². The summed E-state index contributed by atoms with van der Waals surface area (Å²) in [5, 5.41) is 13.3. The summed E-state index contributed by atoms with van der Waals surface area (Å²) in [5.41, 5.74) is 0.0164. The van der Waals surface area contributed by atoms with Crippen LogP contribution in [0, 0.1) is 10.1 Å². The molecule has 0 aromatic heterocycles. The molecule has 0 fully saturated rings. The van der Waals surface area contributed by atoms with Crippen LogP contribution in [0.3, 0.4) is 0 Å². The minimum atomic E-state index is -0.911. The zero-order valence-electron chi connectivity index (χ0n) is 11.1. The number of nitrogens with zero attached hydrogens (tertiary/aromatic N) is 1. The van der Waals surface area contributed by atoms with E-state index in [-0.39, 0.29) is 22.3 Å². The molecule has 20 heavy (non-hydrogen) atoms. The lowest BCUT2D eigenvalue weighted by Gasteiger charge is -2.13. The molecule has 2 atom stereocenters. The second kappa shape index (κ2) is 7.35. The van der Waals surface area contributed by atoms with Gasteiger partial charge in [-0.1, -0.05) is 11.6 Å². The van der Waals surface area contributed by atoms with Gasteiger partial charge in [-0.3, -0.25) is 19.1 Å². The fourth-order valence-corrected chi connectivity index (χ4v) is 2.46. The third kappa shape index (κ3) is 4.90. The van der Waals surface area contributed by atoms with Gasteiger partial charge < -0.3 is 5.32 Å². The molecular formula is C12H15ClN2O4S. The highest BCUT2D eigenvalue weighted by atomic mass is 35.5. The predicted octanol–water partition coefficient (Wildman–Crippen LogP) is 2.14. The Morgan fingerprint density at radius 1 is 1.55 bits per heavy atom. The zero-order valence-corrected chi connectivity index (χ0v) is 12.7. The molecule has 2 unspecified atom stereocenters. The molecular weight excluding hydrogens is 304 g/mol. The van der Waals surface area contributed by atoms with E-state index in [0.29, 0.717) is 12.2 Å². The Kier molecular flexibility index (Phi) is 6.09.